The third-order valence-corrected chi connectivity index (χ3v) is 4.71. The molecule has 0 aromatic heterocycles. The largest absolute Gasteiger partial charge is 0.462 e. The van der Waals surface area contributed by atoms with Gasteiger partial charge in [-0.2, -0.15) is 0 Å². The SMILES string of the molecule is CC[C@@]1(c2ccccc2)NC(=O)N(CC(=O)OC[C@@H]2CCCO2)C1=O. The Kier molecular flexibility index (Phi) is 5.03. The summed E-state index contributed by atoms with van der Waals surface area (Å²) in [4.78, 5) is 38.1. The fourth-order valence-electron chi connectivity index (χ4n) is 3.27. The number of nitrogens with zero attached hydrogens (tertiary/aromatic N) is 1. The maximum Gasteiger partial charge on any atom is 0.326 e. The van der Waals surface area contributed by atoms with E-state index >= 15 is 0 Å². The van der Waals surface area contributed by atoms with Crippen LogP contribution in [0.4, 0.5) is 4.79 Å². The first kappa shape index (κ1) is 17.4. The summed E-state index contributed by atoms with van der Waals surface area (Å²) >= 11 is 0. The average molecular weight is 346 g/mol. The second kappa shape index (κ2) is 7.23. The van der Waals surface area contributed by atoms with Crippen molar-refractivity contribution in [3.05, 3.63) is 35.9 Å². The molecule has 0 spiro atoms. The molecular weight excluding hydrogens is 324 g/mol. The molecule has 1 aromatic rings. The van der Waals surface area contributed by atoms with E-state index in [1.807, 2.05) is 25.1 Å². The Morgan fingerprint density at radius 2 is 2.12 bits per heavy atom. The van der Waals surface area contributed by atoms with Crippen LogP contribution in [0.5, 0.6) is 0 Å². The van der Waals surface area contributed by atoms with E-state index in [4.69, 9.17) is 9.47 Å². The summed E-state index contributed by atoms with van der Waals surface area (Å²) in [5.74, 6) is -1.04. The summed E-state index contributed by atoms with van der Waals surface area (Å²) in [7, 11) is 0. The van der Waals surface area contributed by atoms with Crippen molar-refractivity contribution in [3.8, 4) is 0 Å². The molecule has 0 saturated carbocycles. The molecule has 1 N–H and O–H groups in total. The highest BCUT2D eigenvalue weighted by Gasteiger charge is 2.51. The van der Waals surface area contributed by atoms with Crippen LogP contribution in [0.25, 0.3) is 0 Å². The number of nitrogens with one attached hydrogen (secondary N) is 1. The molecular formula is C18H22N2O5. The van der Waals surface area contributed by atoms with Gasteiger partial charge in [0.15, 0.2) is 0 Å². The molecule has 2 saturated heterocycles. The van der Waals surface area contributed by atoms with E-state index in [1.54, 1.807) is 12.1 Å². The van der Waals surface area contributed by atoms with E-state index < -0.39 is 30.0 Å². The van der Waals surface area contributed by atoms with Crippen molar-refractivity contribution < 1.29 is 23.9 Å². The lowest BCUT2D eigenvalue weighted by Gasteiger charge is -2.25. The molecule has 7 nitrogen and oxygen atoms in total. The quantitative estimate of drug-likeness (QED) is 0.624. The number of rotatable bonds is 6. The molecule has 2 fully saturated rings. The van der Waals surface area contributed by atoms with Crippen LogP contribution in [-0.2, 0) is 24.6 Å². The summed E-state index contributed by atoms with van der Waals surface area (Å²) in [6.45, 7) is 2.25. The van der Waals surface area contributed by atoms with Gasteiger partial charge in [0.25, 0.3) is 5.91 Å². The molecule has 7 heteroatoms. The van der Waals surface area contributed by atoms with Crippen LogP contribution in [-0.4, -0.2) is 48.7 Å². The van der Waals surface area contributed by atoms with E-state index in [0.717, 1.165) is 17.7 Å². The van der Waals surface area contributed by atoms with Crippen molar-refractivity contribution in [2.45, 2.75) is 37.8 Å². The van der Waals surface area contributed by atoms with Gasteiger partial charge in [0.05, 0.1) is 6.10 Å². The van der Waals surface area contributed by atoms with Gasteiger partial charge in [-0.25, -0.2) is 4.79 Å². The van der Waals surface area contributed by atoms with Gasteiger partial charge in [-0.05, 0) is 24.8 Å². The van der Waals surface area contributed by atoms with Gasteiger partial charge in [-0.1, -0.05) is 37.3 Å². The van der Waals surface area contributed by atoms with Gasteiger partial charge in [0, 0.05) is 6.61 Å². The standard InChI is InChI=1S/C18H22N2O5/c1-2-18(13-7-4-3-5-8-13)16(22)20(17(23)19-18)11-15(21)25-12-14-9-6-10-24-14/h3-5,7-8,14H,2,6,9-12H2,1H3,(H,19,23)/t14-,18-/m0/s1. The minimum absolute atomic E-state index is 0.0916. The van der Waals surface area contributed by atoms with E-state index in [2.05, 4.69) is 5.32 Å². The van der Waals surface area contributed by atoms with E-state index in [9.17, 15) is 14.4 Å². The van der Waals surface area contributed by atoms with Crippen LogP contribution >= 0.6 is 0 Å². The summed E-state index contributed by atoms with van der Waals surface area (Å²) in [5, 5.41) is 2.74. The van der Waals surface area contributed by atoms with Crippen LogP contribution in [0.1, 0.15) is 31.7 Å². The molecule has 0 unspecified atom stereocenters. The molecule has 3 rings (SSSR count). The minimum atomic E-state index is -1.13. The van der Waals surface area contributed by atoms with Crippen LogP contribution in [0.3, 0.4) is 0 Å². The fraction of sp³-hybridized carbons (Fsp3) is 0.500. The van der Waals surface area contributed by atoms with Crippen molar-refractivity contribution in [1.29, 1.82) is 0 Å². The number of imide groups is 1. The fourth-order valence-corrected chi connectivity index (χ4v) is 3.27. The number of urea groups is 1. The number of carbonyl (C=O) groups excluding carboxylic acids is 3. The van der Waals surface area contributed by atoms with Gasteiger partial charge >= 0.3 is 12.0 Å². The van der Waals surface area contributed by atoms with Crippen molar-refractivity contribution in [2.75, 3.05) is 19.8 Å². The first-order valence-electron chi connectivity index (χ1n) is 8.53. The number of ether oxygens (including phenoxy) is 2. The predicted octanol–water partition coefficient (Wildman–Crippen LogP) is 1.57. The molecule has 134 valence electrons. The lowest BCUT2D eigenvalue weighted by Crippen LogP contribution is -2.44. The summed E-state index contributed by atoms with van der Waals surface area (Å²) in [6.07, 6.45) is 2.10. The van der Waals surface area contributed by atoms with Crippen LogP contribution in [0.15, 0.2) is 30.3 Å². The Morgan fingerprint density at radius 1 is 1.36 bits per heavy atom. The first-order valence-corrected chi connectivity index (χ1v) is 8.53. The molecule has 0 aliphatic carbocycles. The number of hydrogen-bond donors (Lipinski definition) is 1. The molecule has 25 heavy (non-hydrogen) atoms. The minimum Gasteiger partial charge on any atom is -0.462 e. The van der Waals surface area contributed by atoms with Crippen molar-refractivity contribution >= 4 is 17.9 Å². The van der Waals surface area contributed by atoms with Gasteiger partial charge in [0.1, 0.15) is 18.7 Å². The molecule has 2 atom stereocenters. The maximum atomic E-state index is 12.9. The molecule has 2 aliphatic heterocycles. The van der Waals surface area contributed by atoms with Crippen molar-refractivity contribution in [1.82, 2.24) is 10.2 Å². The smallest absolute Gasteiger partial charge is 0.326 e. The monoisotopic (exact) mass is 346 g/mol. The Balaban J connectivity index is 1.67. The van der Waals surface area contributed by atoms with Gasteiger partial charge in [-0.3, -0.25) is 14.5 Å². The second-order valence-electron chi connectivity index (χ2n) is 6.26. The Labute approximate surface area is 146 Å². The summed E-state index contributed by atoms with van der Waals surface area (Å²) in [5.41, 5.74) is -0.432. The van der Waals surface area contributed by atoms with E-state index in [1.165, 1.54) is 0 Å². The lowest BCUT2D eigenvalue weighted by molar-refractivity contribution is -0.150. The Bertz CT molecular complexity index is 657. The zero-order chi connectivity index (χ0) is 17.9. The highest BCUT2D eigenvalue weighted by Crippen LogP contribution is 2.32. The molecule has 2 heterocycles. The number of hydrogen-bond acceptors (Lipinski definition) is 5. The molecule has 0 radical (unpaired) electrons. The van der Waals surface area contributed by atoms with Crippen LogP contribution in [0, 0.1) is 0 Å². The van der Waals surface area contributed by atoms with Gasteiger partial charge in [-0.15, -0.1) is 0 Å². The number of benzene rings is 1. The topological polar surface area (TPSA) is 84.9 Å². The van der Waals surface area contributed by atoms with Crippen LogP contribution < -0.4 is 5.32 Å². The normalized spacial score (nSPS) is 26.0. The van der Waals surface area contributed by atoms with E-state index in [-0.39, 0.29) is 12.7 Å². The average Bonchev–Trinajstić information content (AvgIpc) is 3.23. The van der Waals surface area contributed by atoms with Crippen molar-refractivity contribution in [2.24, 2.45) is 0 Å². The number of amides is 3. The summed E-state index contributed by atoms with van der Waals surface area (Å²) in [6, 6.07) is 8.47. The summed E-state index contributed by atoms with van der Waals surface area (Å²) < 4.78 is 10.5. The Morgan fingerprint density at radius 3 is 2.76 bits per heavy atom. The number of carbonyl (C=O) groups is 3. The second-order valence-corrected chi connectivity index (χ2v) is 6.26. The zero-order valence-corrected chi connectivity index (χ0v) is 14.2. The zero-order valence-electron chi connectivity index (χ0n) is 14.2. The highest BCUT2D eigenvalue weighted by atomic mass is 16.6. The van der Waals surface area contributed by atoms with Crippen molar-refractivity contribution in [3.63, 3.8) is 0 Å². The van der Waals surface area contributed by atoms with Crippen LogP contribution in [0.2, 0.25) is 0 Å². The Hall–Kier alpha value is -2.41. The molecule has 3 amide bonds. The highest BCUT2D eigenvalue weighted by molar-refractivity contribution is 6.09. The van der Waals surface area contributed by atoms with Gasteiger partial charge < -0.3 is 14.8 Å². The molecule has 2 aliphatic rings. The predicted molar refractivity (Wildman–Crippen MR) is 88.6 cm³/mol. The third kappa shape index (κ3) is 3.37. The number of esters is 1. The third-order valence-electron chi connectivity index (χ3n) is 4.71. The van der Waals surface area contributed by atoms with E-state index in [0.29, 0.717) is 18.6 Å². The first-order chi connectivity index (χ1) is 12.1. The maximum absolute atomic E-state index is 12.9. The lowest BCUT2D eigenvalue weighted by atomic mass is 9.87. The van der Waals surface area contributed by atoms with Gasteiger partial charge in [0.2, 0.25) is 0 Å². The molecule has 0 bridgehead atoms. The molecule has 1 aromatic carbocycles.